The van der Waals surface area contributed by atoms with E-state index in [-0.39, 0.29) is 32.0 Å². The number of aliphatic hydroxyl groups excluding tert-OH is 1. The summed E-state index contributed by atoms with van der Waals surface area (Å²) in [7, 11) is 0. The molecule has 0 aliphatic carbocycles. The van der Waals surface area contributed by atoms with Crippen molar-refractivity contribution in [3.63, 3.8) is 0 Å². The van der Waals surface area contributed by atoms with E-state index < -0.39 is 29.2 Å². The Hall–Kier alpha value is -6.07. The molecular weight excluding hydrogens is 666 g/mol. The van der Waals surface area contributed by atoms with Crippen LogP contribution in [0.1, 0.15) is 40.3 Å². The van der Waals surface area contributed by atoms with Crippen LogP contribution in [0.4, 0.5) is 8.78 Å². The van der Waals surface area contributed by atoms with Gasteiger partial charge >= 0.3 is 0 Å². The quantitative estimate of drug-likeness (QED) is 0.0340. The van der Waals surface area contributed by atoms with Gasteiger partial charge in [0.1, 0.15) is 5.75 Å². The summed E-state index contributed by atoms with van der Waals surface area (Å²) in [6.45, 7) is 0.426. The molecule has 1 aliphatic heterocycles. The molecular formula is C40H36F2N6O4. The van der Waals surface area contributed by atoms with E-state index in [1.807, 2.05) is 78.9 Å². The number of aliphatic hydroxyl groups is 1. The fraction of sp³-hybridized carbons (Fsp3) is 0.200. The van der Waals surface area contributed by atoms with Gasteiger partial charge in [0.2, 0.25) is 5.90 Å². The molecule has 0 spiro atoms. The van der Waals surface area contributed by atoms with E-state index in [9.17, 15) is 13.6 Å². The zero-order valence-electron chi connectivity index (χ0n) is 28.1. The number of halogens is 2. The normalized spacial score (nSPS) is 16.4. The van der Waals surface area contributed by atoms with Crippen molar-refractivity contribution < 1.29 is 28.2 Å². The van der Waals surface area contributed by atoms with Crippen LogP contribution in [0.25, 0.3) is 21.6 Å². The van der Waals surface area contributed by atoms with E-state index in [2.05, 4.69) is 20.9 Å². The van der Waals surface area contributed by atoms with Gasteiger partial charge in [0.25, 0.3) is 5.91 Å². The molecule has 264 valence electrons. The highest BCUT2D eigenvalue weighted by atomic mass is 19.2. The molecule has 0 saturated heterocycles. The van der Waals surface area contributed by atoms with Crippen LogP contribution in [0.15, 0.2) is 131 Å². The summed E-state index contributed by atoms with van der Waals surface area (Å²) in [4.78, 5) is 22.6. The average molecular weight is 703 g/mol. The van der Waals surface area contributed by atoms with Crippen LogP contribution in [0.3, 0.4) is 0 Å². The van der Waals surface area contributed by atoms with E-state index in [0.717, 1.165) is 28.8 Å². The van der Waals surface area contributed by atoms with Crippen LogP contribution in [0.5, 0.6) is 5.75 Å². The number of carbonyl (C=O) groups is 1. The monoisotopic (exact) mass is 702 g/mol. The van der Waals surface area contributed by atoms with Gasteiger partial charge in [-0.25, -0.2) is 19.2 Å². The van der Waals surface area contributed by atoms with Crippen molar-refractivity contribution >= 4 is 11.8 Å². The maximum Gasteiger partial charge on any atom is 0.266 e. The topological polar surface area (TPSA) is 141 Å². The van der Waals surface area contributed by atoms with E-state index in [4.69, 9.17) is 25.1 Å². The highest BCUT2D eigenvalue weighted by Gasteiger charge is 2.53. The Morgan fingerprint density at radius 3 is 2.29 bits per heavy atom. The minimum atomic E-state index is -1.60. The number of aliphatic imine (C=N–C) groups is 1. The molecule has 10 nitrogen and oxygen atoms in total. The standard InChI is InChI=1S/C40H36F2N6O4/c41-35-20-11-27(23-36(35)42)25-44-47-39(50)40(24-32-9-4-5-10-33(32)26-45-48-43)37(30-14-12-29(13-15-30)28-7-2-1-3-8-28)52-38(46-40)31-16-18-34(19-17-31)51-22-6-21-49/h1-5,7-20,23,37,44,49H,6,21-22,24-26H2,(H,47,50)/t37-,40-/m0/s1. The Kier molecular flexibility index (Phi) is 11.5. The summed E-state index contributed by atoms with van der Waals surface area (Å²) < 4.78 is 39.9. The molecule has 6 rings (SSSR count). The summed E-state index contributed by atoms with van der Waals surface area (Å²) in [6.07, 6.45) is -0.379. The number of benzene rings is 5. The minimum absolute atomic E-state index is 0.00188. The number of carbonyl (C=O) groups excluding carboxylic acids is 1. The molecule has 1 heterocycles. The third-order valence-corrected chi connectivity index (χ3v) is 8.71. The number of hydrazine groups is 1. The highest BCUT2D eigenvalue weighted by molar-refractivity contribution is 6.01. The molecule has 52 heavy (non-hydrogen) atoms. The van der Waals surface area contributed by atoms with Crippen molar-refractivity contribution in [1.29, 1.82) is 0 Å². The molecule has 12 heteroatoms. The zero-order valence-corrected chi connectivity index (χ0v) is 28.1. The smallest absolute Gasteiger partial charge is 0.266 e. The van der Waals surface area contributed by atoms with Crippen molar-refractivity contribution in [2.75, 3.05) is 13.2 Å². The van der Waals surface area contributed by atoms with E-state index in [1.54, 1.807) is 24.3 Å². The highest BCUT2D eigenvalue weighted by Crippen LogP contribution is 2.43. The molecule has 0 unspecified atom stereocenters. The molecule has 2 atom stereocenters. The predicted octanol–water partition coefficient (Wildman–Crippen LogP) is 7.52. The lowest BCUT2D eigenvalue weighted by atomic mass is 9.80. The number of hydrogen-bond acceptors (Lipinski definition) is 7. The van der Waals surface area contributed by atoms with Gasteiger partial charge in [-0.1, -0.05) is 90.0 Å². The van der Waals surface area contributed by atoms with Crippen LogP contribution in [0, 0.1) is 11.6 Å². The van der Waals surface area contributed by atoms with Gasteiger partial charge in [-0.05, 0) is 75.3 Å². The molecule has 3 N–H and O–H groups in total. The van der Waals surface area contributed by atoms with Gasteiger partial charge in [-0.15, -0.1) is 0 Å². The van der Waals surface area contributed by atoms with E-state index in [1.165, 1.54) is 6.07 Å². The fourth-order valence-electron chi connectivity index (χ4n) is 6.03. The molecule has 0 aromatic heterocycles. The maximum atomic E-state index is 14.6. The van der Waals surface area contributed by atoms with Gasteiger partial charge in [0, 0.05) is 36.5 Å². The first-order chi connectivity index (χ1) is 25.4. The number of hydrogen-bond donors (Lipinski definition) is 3. The first kappa shape index (κ1) is 35.7. The Bertz CT molecular complexity index is 2070. The van der Waals surface area contributed by atoms with Crippen LogP contribution in [-0.4, -0.2) is 35.7 Å². The van der Waals surface area contributed by atoms with Gasteiger partial charge in [-0.2, -0.15) is 0 Å². The Morgan fingerprint density at radius 2 is 1.58 bits per heavy atom. The third-order valence-electron chi connectivity index (χ3n) is 8.71. The number of rotatable bonds is 15. The molecule has 0 radical (unpaired) electrons. The molecule has 0 bridgehead atoms. The predicted molar refractivity (Wildman–Crippen MR) is 193 cm³/mol. The Labute approximate surface area is 299 Å². The molecule has 1 amide bonds. The zero-order chi connectivity index (χ0) is 36.3. The van der Waals surface area contributed by atoms with Crippen molar-refractivity contribution in [2.45, 2.75) is 37.6 Å². The maximum absolute atomic E-state index is 14.6. The van der Waals surface area contributed by atoms with Crippen LogP contribution >= 0.6 is 0 Å². The van der Waals surface area contributed by atoms with Crippen LogP contribution < -0.4 is 15.6 Å². The summed E-state index contributed by atoms with van der Waals surface area (Å²) in [6, 6.07) is 35.6. The van der Waals surface area contributed by atoms with Gasteiger partial charge in [0.05, 0.1) is 13.2 Å². The summed E-state index contributed by atoms with van der Waals surface area (Å²) >= 11 is 0. The second-order valence-electron chi connectivity index (χ2n) is 12.2. The van der Waals surface area contributed by atoms with Crippen molar-refractivity contribution in [2.24, 2.45) is 10.1 Å². The van der Waals surface area contributed by atoms with Gasteiger partial charge in [-0.3, -0.25) is 10.2 Å². The first-order valence-electron chi connectivity index (χ1n) is 16.7. The minimum Gasteiger partial charge on any atom is -0.494 e. The largest absolute Gasteiger partial charge is 0.494 e. The SMILES string of the molecule is [N-]=[N+]=NCc1ccccc1C[C@]1(C(=O)NNCc2ccc(F)c(F)c2)N=C(c2ccc(OCCCO)cc2)O[C@H]1c1ccc(-c2ccccc2)cc1. The molecule has 5 aromatic carbocycles. The summed E-state index contributed by atoms with van der Waals surface area (Å²) in [5, 5.41) is 12.9. The third kappa shape index (κ3) is 8.27. The Balaban J connectivity index is 1.41. The summed E-state index contributed by atoms with van der Waals surface area (Å²) in [5.41, 5.74) is 18.2. The average Bonchev–Trinajstić information content (AvgIpc) is 3.57. The number of nitrogens with zero attached hydrogens (tertiary/aromatic N) is 4. The first-order valence-corrected chi connectivity index (χ1v) is 16.7. The molecule has 0 saturated carbocycles. The van der Waals surface area contributed by atoms with Crippen molar-refractivity contribution in [1.82, 2.24) is 10.9 Å². The van der Waals surface area contributed by atoms with E-state index in [0.29, 0.717) is 41.0 Å². The van der Waals surface area contributed by atoms with Gasteiger partial charge < -0.3 is 14.6 Å². The van der Waals surface area contributed by atoms with Crippen molar-refractivity contribution in [3.05, 3.63) is 171 Å². The second-order valence-corrected chi connectivity index (χ2v) is 12.2. The second kappa shape index (κ2) is 16.8. The summed E-state index contributed by atoms with van der Waals surface area (Å²) in [5.74, 6) is -1.68. The number of ether oxygens (including phenoxy) is 2. The van der Waals surface area contributed by atoms with E-state index >= 15 is 0 Å². The fourth-order valence-corrected chi connectivity index (χ4v) is 6.03. The van der Waals surface area contributed by atoms with Crippen LogP contribution in [-0.2, 0) is 29.0 Å². The molecule has 0 fully saturated rings. The number of amides is 1. The number of azide groups is 1. The number of nitrogens with one attached hydrogen (secondary N) is 2. The molecule has 5 aromatic rings. The van der Waals surface area contributed by atoms with Crippen molar-refractivity contribution in [3.8, 4) is 16.9 Å². The lowest BCUT2D eigenvalue weighted by molar-refractivity contribution is -0.130. The van der Waals surface area contributed by atoms with Crippen LogP contribution in [0.2, 0.25) is 0 Å². The van der Waals surface area contributed by atoms with Gasteiger partial charge in [0.15, 0.2) is 23.3 Å². The Morgan fingerprint density at radius 1 is 0.885 bits per heavy atom. The lowest BCUT2D eigenvalue weighted by Crippen LogP contribution is -2.53. The molecule has 1 aliphatic rings. The lowest BCUT2D eigenvalue weighted by Gasteiger charge is -2.31.